The summed E-state index contributed by atoms with van der Waals surface area (Å²) in [6.07, 6.45) is 5.45. The van der Waals surface area contributed by atoms with Crippen molar-refractivity contribution in [3.63, 3.8) is 0 Å². The molecule has 70 valence electrons. The molecule has 14 heavy (non-hydrogen) atoms. The molecule has 0 unspecified atom stereocenters. The number of nitrogens with two attached hydrogens (primary N) is 1. The monoisotopic (exact) mass is 186 g/mol. The van der Waals surface area contributed by atoms with Crippen molar-refractivity contribution >= 4 is 24.6 Å². The molecule has 0 aromatic heterocycles. The molecule has 0 bridgehead atoms. The predicted octanol–water partition coefficient (Wildman–Crippen LogP) is -1.17. The van der Waals surface area contributed by atoms with Crippen molar-refractivity contribution < 1.29 is 9.90 Å². The van der Waals surface area contributed by atoms with Crippen LogP contribution in [0, 0.1) is 0 Å². The maximum absolute atomic E-state index is 11.4. The molecular weight excluding hydrogens is 178 g/mol. The molecule has 0 saturated heterocycles. The number of hydrogen-bond donors (Lipinski definition) is 1. The maximum Gasteiger partial charge on any atom is 0.150 e. The van der Waals surface area contributed by atoms with E-state index in [9.17, 15) is 9.90 Å². The van der Waals surface area contributed by atoms with Gasteiger partial charge in [-0.2, -0.15) is 0 Å². The summed E-state index contributed by atoms with van der Waals surface area (Å²) in [6.45, 7) is 0. The van der Waals surface area contributed by atoms with Crippen molar-refractivity contribution in [1.29, 1.82) is 0 Å². The molecule has 3 heteroatoms. The minimum absolute atomic E-state index is 0.122. The molecule has 1 aliphatic rings. The standard InChI is InChI=1S/C11H9NO2/c12-5-10-3-8-1-7(6-13)2-9(8)4-11(10)14/h1-6,14H,12H2/p-1. The Kier molecular flexibility index (Phi) is 1.85. The lowest BCUT2D eigenvalue weighted by atomic mass is 10.1. The van der Waals surface area contributed by atoms with Crippen molar-refractivity contribution in [2.45, 2.75) is 0 Å². The molecule has 0 heterocycles. The molecule has 3 nitrogen and oxygen atoms in total. The first kappa shape index (κ1) is 8.56. The maximum atomic E-state index is 11.4. The van der Waals surface area contributed by atoms with Crippen molar-refractivity contribution in [3.05, 3.63) is 33.7 Å². The number of hydrogen-bond acceptors (Lipinski definition) is 3. The van der Waals surface area contributed by atoms with Crippen molar-refractivity contribution in [3.8, 4) is 5.75 Å². The van der Waals surface area contributed by atoms with Crippen LogP contribution in [0.1, 0.15) is 5.56 Å². The van der Waals surface area contributed by atoms with Crippen LogP contribution in [-0.2, 0) is 4.79 Å². The Morgan fingerprint density at radius 2 is 2.07 bits per heavy atom. The van der Waals surface area contributed by atoms with Crippen LogP contribution in [0.2, 0.25) is 0 Å². The van der Waals surface area contributed by atoms with Gasteiger partial charge in [0.05, 0.1) is 0 Å². The molecule has 1 aromatic carbocycles. The molecule has 0 spiro atoms. The lowest BCUT2D eigenvalue weighted by Crippen LogP contribution is -2.18. The van der Waals surface area contributed by atoms with Crippen LogP contribution >= 0.6 is 0 Å². The summed E-state index contributed by atoms with van der Waals surface area (Å²) in [5, 5.41) is 12.6. The van der Waals surface area contributed by atoms with Crippen LogP contribution in [0.4, 0.5) is 0 Å². The van der Waals surface area contributed by atoms with Gasteiger partial charge in [-0.25, -0.2) is 0 Å². The summed E-state index contributed by atoms with van der Waals surface area (Å²) in [5.74, 6) is -0.122. The highest BCUT2D eigenvalue weighted by molar-refractivity contribution is 5.96. The van der Waals surface area contributed by atoms with E-state index < -0.39 is 0 Å². The van der Waals surface area contributed by atoms with Gasteiger partial charge in [0.1, 0.15) is 6.29 Å². The summed E-state index contributed by atoms with van der Waals surface area (Å²) in [6, 6.07) is 3.17. The minimum atomic E-state index is -0.122. The van der Waals surface area contributed by atoms with E-state index in [1.807, 2.05) is 0 Å². The van der Waals surface area contributed by atoms with Crippen LogP contribution in [0.5, 0.6) is 5.75 Å². The Labute approximate surface area is 80.5 Å². The lowest BCUT2D eigenvalue weighted by Gasteiger charge is -2.06. The third-order valence-electron chi connectivity index (χ3n) is 2.18. The molecule has 2 N–H and O–H groups in total. The van der Waals surface area contributed by atoms with Crippen LogP contribution in [-0.4, -0.2) is 6.29 Å². The zero-order valence-corrected chi connectivity index (χ0v) is 7.36. The van der Waals surface area contributed by atoms with E-state index in [1.165, 1.54) is 12.3 Å². The average Bonchev–Trinajstić information content (AvgIpc) is 2.58. The first-order valence-electron chi connectivity index (χ1n) is 4.16. The molecule has 0 aliphatic heterocycles. The molecule has 1 aromatic rings. The molecule has 0 fully saturated rings. The summed E-state index contributed by atoms with van der Waals surface area (Å²) in [4.78, 5) is 10.5. The van der Waals surface area contributed by atoms with Crippen molar-refractivity contribution in [2.75, 3.05) is 0 Å². The third-order valence-corrected chi connectivity index (χ3v) is 2.18. The normalized spacial score (nSPS) is 14.6. The fourth-order valence-electron chi connectivity index (χ4n) is 1.48. The summed E-state index contributed by atoms with van der Waals surface area (Å²) < 4.78 is 0. The molecule has 0 saturated carbocycles. The van der Waals surface area contributed by atoms with Gasteiger partial charge in [-0.15, -0.1) is 0 Å². The Bertz CT molecular complexity index is 541. The third kappa shape index (κ3) is 1.19. The molecule has 1 aliphatic carbocycles. The second kappa shape index (κ2) is 3.03. The average molecular weight is 186 g/mol. The van der Waals surface area contributed by atoms with Crippen LogP contribution in [0.3, 0.4) is 0 Å². The SMILES string of the molecule is NC=c1cc2c(cc1[O-])=CC(C=O)=C2. The Morgan fingerprint density at radius 3 is 2.71 bits per heavy atom. The largest absolute Gasteiger partial charge is 0.872 e. The fourth-order valence-corrected chi connectivity index (χ4v) is 1.48. The van der Waals surface area contributed by atoms with Gasteiger partial charge < -0.3 is 10.8 Å². The summed E-state index contributed by atoms with van der Waals surface area (Å²) >= 11 is 0. The number of aldehydes is 1. The predicted molar refractivity (Wildman–Crippen MR) is 52.3 cm³/mol. The molecular formula is C11H8NO2-. The van der Waals surface area contributed by atoms with Crippen LogP contribution < -0.4 is 21.3 Å². The fraction of sp³-hybridized carbons (Fsp3) is 0. The molecule has 0 atom stereocenters. The highest BCUT2D eigenvalue weighted by atomic mass is 16.3. The minimum Gasteiger partial charge on any atom is -0.872 e. The highest BCUT2D eigenvalue weighted by Gasteiger charge is 2.02. The lowest BCUT2D eigenvalue weighted by molar-refractivity contribution is -0.269. The number of carbonyl (C=O) groups is 1. The van der Waals surface area contributed by atoms with Crippen LogP contribution in [0.25, 0.3) is 18.4 Å². The van der Waals surface area contributed by atoms with Gasteiger partial charge in [0.25, 0.3) is 0 Å². The van der Waals surface area contributed by atoms with E-state index in [4.69, 9.17) is 5.73 Å². The van der Waals surface area contributed by atoms with Gasteiger partial charge in [0.2, 0.25) is 0 Å². The number of fused-ring (bicyclic) bond motifs is 1. The van der Waals surface area contributed by atoms with E-state index in [0.717, 1.165) is 17.1 Å². The Hall–Kier alpha value is -2.03. The van der Waals surface area contributed by atoms with Crippen molar-refractivity contribution in [2.24, 2.45) is 5.73 Å². The zero-order valence-electron chi connectivity index (χ0n) is 7.36. The van der Waals surface area contributed by atoms with E-state index >= 15 is 0 Å². The van der Waals surface area contributed by atoms with Crippen LogP contribution in [0.15, 0.2) is 17.7 Å². The highest BCUT2D eigenvalue weighted by Crippen LogP contribution is 2.08. The van der Waals surface area contributed by atoms with Gasteiger partial charge in [0, 0.05) is 11.8 Å². The molecule has 2 rings (SSSR count). The number of benzene rings is 1. The number of rotatable bonds is 1. The van der Waals surface area contributed by atoms with Gasteiger partial charge in [-0.1, -0.05) is 11.8 Å². The van der Waals surface area contributed by atoms with E-state index in [2.05, 4.69) is 0 Å². The first-order chi connectivity index (χ1) is 6.74. The Balaban J connectivity index is 2.74. The quantitative estimate of drug-likeness (QED) is 0.562. The second-order valence-corrected chi connectivity index (χ2v) is 3.09. The molecule has 0 radical (unpaired) electrons. The smallest absolute Gasteiger partial charge is 0.150 e. The first-order valence-corrected chi connectivity index (χ1v) is 4.16. The van der Waals surface area contributed by atoms with Gasteiger partial charge in [-0.3, -0.25) is 4.79 Å². The van der Waals surface area contributed by atoms with E-state index in [0.29, 0.717) is 10.8 Å². The Morgan fingerprint density at radius 1 is 1.29 bits per heavy atom. The zero-order chi connectivity index (χ0) is 10.1. The topological polar surface area (TPSA) is 66.2 Å². The van der Waals surface area contributed by atoms with Gasteiger partial charge >= 0.3 is 0 Å². The van der Waals surface area contributed by atoms with Gasteiger partial charge in [-0.05, 0) is 34.2 Å². The van der Waals surface area contributed by atoms with E-state index in [1.54, 1.807) is 18.2 Å². The van der Waals surface area contributed by atoms with Gasteiger partial charge in [0.15, 0.2) is 0 Å². The summed E-state index contributed by atoms with van der Waals surface area (Å²) in [5.41, 5.74) is 6.73. The number of carbonyl (C=O) groups excluding carboxylic acids is 1. The van der Waals surface area contributed by atoms with E-state index in [-0.39, 0.29) is 5.75 Å². The summed E-state index contributed by atoms with van der Waals surface area (Å²) in [7, 11) is 0. The molecule has 0 amide bonds. The van der Waals surface area contributed by atoms with Crippen molar-refractivity contribution in [1.82, 2.24) is 0 Å². The second-order valence-electron chi connectivity index (χ2n) is 3.09. The number of allylic oxidation sites excluding steroid dienone is 1.